The molecule has 2 rings (SSSR count). The molecule has 17 heavy (non-hydrogen) atoms. The van der Waals surface area contributed by atoms with E-state index < -0.39 is 0 Å². The maximum Gasteiger partial charge on any atom is 0.124 e. The van der Waals surface area contributed by atoms with E-state index >= 15 is 0 Å². The lowest BCUT2D eigenvalue weighted by molar-refractivity contribution is 0.249. The predicted molar refractivity (Wildman–Crippen MR) is 66.5 cm³/mol. The van der Waals surface area contributed by atoms with Crippen molar-refractivity contribution in [1.29, 1.82) is 0 Å². The minimum atomic E-state index is -0.259. The van der Waals surface area contributed by atoms with E-state index in [0.717, 1.165) is 17.9 Å². The van der Waals surface area contributed by atoms with Gasteiger partial charge in [-0.3, -0.25) is 0 Å². The minimum absolute atomic E-state index is 0.204. The van der Waals surface area contributed by atoms with Gasteiger partial charge in [0.25, 0.3) is 0 Å². The van der Waals surface area contributed by atoms with Gasteiger partial charge in [0.05, 0.1) is 6.61 Å². The van der Waals surface area contributed by atoms with Crippen molar-refractivity contribution in [2.45, 2.75) is 38.6 Å². The molecule has 0 unspecified atom stereocenters. The lowest BCUT2D eigenvalue weighted by Crippen LogP contribution is -2.12. The molecular formula is C14H20FNO. The molecule has 2 N–H and O–H groups in total. The number of halogens is 1. The van der Waals surface area contributed by atoms with Crippen molar-refractivity contribution >= 4 is 0 Å². The van der Waals surface area contributed by atoms with Crippen molar-refractivity contribution < 1.29 is 9.13 Å². The van der Waals surface area contributed by atoms with Crippen molar-refractivity contribution in [3.63, 3.8) is 0 Å². The van der Waals surface area contributed by atoms with Gasteiger partial charge in [-0.15, -0.1) is 0 Å². The molecule has 1 atom stereocenters. The molecule has 0 radical (unpaired) electrons. The zero-order valence-corrected chi connectivity index (χ0v) is 10.3. The fraction of sp³-hybridized carbons (Fsp3) is 0.571. The number of ether oxygens (including phenoxy) is 1. The normalized spacial score (nSPS) is 18.3. The van der Waals surface area contributed by atoms with E-state index in [1.54, 1.807) is 6.07 Å². The molecule has 1 aliphatic carbocycles. The lowest BCUT2D eigenvalue weighted by atomic mass is 10.1. The van der Waals surface area contributed by atoms with Crippen LogP contribution in [-0.4, -0.2) is 6.61 Å². The van der Waals surface area contributed by atoms with Crippen molar-refractivity contribution in [2.75, 3.05) is 6.61 Å². The Morgan fingerprint density at radius 1 is 1.41 bits per heavy atom. The van der Waals surface area contributed by atoms with Crippen LogP contribution in [0.25, 0.3) is 0 Å². The Morgan fingerprint density at radius 2 is 2.12 bits per heavy atom. The van der Waals surface area contributed by atoms with E-state index in [4.69, 9.17) is 10.5 Å². The molecule has 1 saturated carbocycles. The summed E-state index contributed by atoms with van der Waals surface area (Å²) in [5.41, 5.74) is 6.57. The van der Waals surface area contributed by atoms with E-state index in [0.29, 0.717) is 5.92 Å². The van der Waals surface area contributed by atoms with Gasteiger partial charge in [0, 0.05) is 11.6 Å². The molecule has 1 fully saturated rings. The summed E-state index contributed by atoms with van der Waals surface area (Å²) in [5.74, 6) is 1.12. The molecular weight excluding hydrogens is 217 g/mol. The monoisotopic (exact) mass is 237 g/mol. The van der Waals surface area contributed by atoms with Gasteiger partial charge in [-0.05, 0) is 43.9 Å². The van der Waals surface area contributed by atoms with Crippen LogP contribution in [0.2, 0.25) is 0 Å². The summed E-state index contributed by atoms with van der Waals surface area (Å²) in [6, 6.07) is 4.37. The van der Waals surface area contributed by atoms with Crippen LogP contribution in [0.1, 0.15) is 44.2 Å². The summed E-state index contributed by atoms with van der Waals surface area (Å²) in [7, 11) is 0. The summed E-state index contributed by atoms with van der Waals surface area (Å²) >= 11 is 0. The first-order valence-corrected chi connectivity index (χ1v) is 6.34. The standard InChI is InChI=1S/C14H20FNO/c1-10(16)13-8-12(15)6-7-14(13)17-9-11-4-2-3-5-11/h6-8,10-11H,2-5,9,16H2,1H3/t10-/m1/s1. The maximum atomic E-state index is 13.1. The van der Waals surface area contributed by atoms with E-state index in [9.17, 15) is 4.39 Å². The molecule has 0 spiro atoms. The highest BCUT2D eigenvalue weighted by Crippen LogP contribution is 2.28. The third kappa shape index (κ3) is 3.19. The van der Waals surface area contributed by atoms with Crippen molar-refractivity contribution in [3.8, 4) is 5.75 Å². The van der Waals surface area contributed by atoms with Gasteiger partial charge in [0.1, 0.15) is 11.6 Å². The molecule has 0 aliphatic heterocycles. The molecule has 0 saturated heterocycles. The summed E-state index contributed by atoms with van der Waals surface area (Å²) in [6.45, 7) is 2.57. The average Bonchev–Trinajstić information content (AvgIpc) is 2.80. The molecule has 0 aromatic heterocycles. The van der Waals surface area contributed by atoms with Crippen LogP contribution in [0, 0.1) is 11.7 Å². The van der Waals surface area contributed by atoms with Crippen LogP contribution in [0.3, 0.4) is 0 Å². The third-order valence-electron chi connectivity index (χ3n) is 3.41. The second kappa shape index (κ2) is 5.50. The topological polar surface area (TPSA) is 35.2 Å². The summed E-state index contributed by atoms with van der Waals surface area (Å²) in [5, 5.41) is 0. The molecule has 0 amide bonds. The average molecular weight is 237 g/mol. The van der Waals surface area contributed by atoms with Crippen LogP contribution in [0.15, 0.2) is 18.2 Å². The molecule has 1 aromatic rings. The Hall–Kier alpha value is -1.09. The van der Waals surface area contributed by atoms with Gasteiger partial charge in [-0.2, -0.15) is 0 Å². The number of rotatable bonds is 4. The molecule has 1 aliphatic rings. The highest BCUT2D eigenvalue weighted by Gasteiger charge is 2.17. The highest BCUT2D eigenvalue weighted by atomic mass is 19.1. The second-order valence-electron chi connectivity index (χ2n) is 4.93. The Labute approximate surface area is 102 Å². The first-order chi connectivity index (χ1) is 8.16. The zero-order chi connectivity index (χ0) is 12.3. The summed E-state index contributed by atoms with van der Waals surface area (Å²) in [4.78, 5) is 0. The quantitative estimate of drug-likeness (QED) is 0.871. The minimum Gasteiger partial charge on any atom is -0.493 e. The van der Waals surface area contributed by atoms with Crippen LogP contribution in [0.4, 0.5) is 4.39 Å². The summed E-state index contributed by atoms with van der Waals surface area (Å²) in [6.07, 6.45) is 5.10. The molecule has 0 bridgehead atoms. The molecule has 3 heteroatoms. The molecule has 94 valence electrons. The molecule has 1 aromatic carbocycles. The maximum absolute atomic E-state index is 13.1. The smallest absolute Gasteiger partial charge is 0.124 e. The fourth-order valence-corrected chi connectivity index (χ4v) is 2.39. The second-order valence-corrected chi connectivity index (χ2v) is 4.93. The largest absolute Gasteiger partial charge is 0.493 e. The van der Waals surface area contributed by atoms with E-state index in [1.165, 1.54) is 37.8 Å². The number of nitrogens with two attached hydrogens (primary N) is 1. The number of benzene rings is 1. The first-order valence-electron chi connectivity index (χ1n) is 6.34. The summed E-state index contributed by atoms with van der Waals surface area (Å²) < 4.78 is 18.9. The van der Waals surface area contributed by atoms with Crippen molar-refractivity contribution in [2.24, 2.45) is 11.7 Å². The van der Waals surface area contributed by atoms with Gasteiger partial charge in [0.15, 0.2) is 0 Å². The Balaban J connectivity index is 2.03. The van der Waals surface area contributed by atoms with E-state index in [2.05, 4.69) is 0 Å². The Kier molecular flexibility index (Phi) is 4.00. The van der Waals surface area contributed by atoms with Gasteiger partial charge < -0.3 is 10.5 Å². The van der Waals surface area contributed by atoms with E-state index in [-0.39, 0.29) is 11.9 Å². The van der Waals surface area contributed by atoms with Crippen LogP contribution < -0.4 is 10.5 Å². The first kappa shape index (κ1) is 12.4. The lowest BCUT2D eigenvalue weighted by Gasteiger charge is -2.16. The third-order valence-corrected chi connectivity index (χ3v) is 3.41. The fourth-order valence-electron chi connectivity index (χ4n) is 2.39. The van der Waals surface area contributed by atoms with Gasteiger partial charge >= 0.3 is 0 Å². The van der Waals surface area contributed by atoms with Gasteiger partial charge in [-0.1, -0.05) is 12.8 Å². The molecule has 0 heterocycles. The Morgan fingerprint density at radius 3 is 2.76 bits per heavy atom. The van der Waals surface area contributed by atoms with Gasteiger partial charge in [-0.25, -0.2) is 4.39 Å². The van der Waals surface area contributed by atoms with Crippen LogP contribution in [-0.2, 0) is 0 Å². The number of hydrogen-bond donors (Lipinski definition) is 1. The van der Waals surface area contributed by atoms with Crippen LogP contribution >= 0.6 is 0 Å². The Bertz CT molecular complexity index is 372. The SMILES string of the molecule is C[C@@H](N)c1cc(F)ccc1OCC1CCCC1. The van der Waals surface area contributed by atoms with Crippen molar-refractivity contribution in [1.82, 2.24) is 0 Å². The van der Waals surface area contributed by atoms with Crippen LogP contribution in [0.5, 0.6) is 5.75 Å². The van der Waals surface area contributed by atoms with E-state index in [1.807, 2.05) is 6.92 Å². The van der Waals surface area contributed by atoms with Gasteiger partial charge in [0.2, 0.25) is 0 Å². The van der Waals surface area contributed by atoms with Crippen molar-refractivity contribution in [3.05, 3.63) is 29.6 Å². The number of hydrogen-bond acceptors (Lipinski definition) is 2. The molecule has 2 nitrogen and oxygen atoms in total. The predicted octanol–water partition coefficient (Wildman–Crippen LogP) is 3.41. The zero-order valence-electron chi connectivity index (χ0n) is 10.3. The highest BCUT2D eigenvalue weighted by molar-refractivity contribution is 5.36.